The Morgan fingerprint density at radius 3 is 2.39 bits per heavy atom. The second kappa shape index (κ2) is 11.5. The van der Waals surface area contributed by atoms with Crippen LogP contribution in [0.5, 0.6) is 5.75 Å². The summed E-state index contributed by atoms with van der Waals surface area (Å²) < 4.78 is 42.0. The Morgan fingerprint density at radius 2 is 1.73 bits per heavy atom. The van der Waals surface area contributed by atoms with Gasteiger partial charge < -0.3 is 15.4 Å². The van der Waals surface area contributed by atoms with Crippen molar-refractivity contribution < 1.29 is 22.7 Å². The van der Waals surface area contributed by atoms with Crippen molar-refractivity contribution in [3.05, 3.63) is 66.4 Å². The molecular weight excluding hydrogens is 435 g/mol. The van der Waals surface area contributed by atoms with E-state index in [-0.39, 0.29) is 11.8 Å². The Morgan fingerprint density at radius 1 is 1.00 bits per heavy atom. The Hall–Kier alpha value is -3.40. The van der Waals surface area contributed by atoms with Crippen molar-refractivity contribution in [2.75, 3.05) is 19.6 Å². The van der Waals surface area contributed by atoms with Crippen LogP contribution < -0.4 is 10.5 Å². The van der Waals surface area contributed by atoms with Gasteiger partial charge in [-0.3, -0.25) is 0 Å². The van der Waals surface area contributed by atoms with Crippen LogP contribution in [0.15, 0.2) is 60.8 Å². The zero-order valence-corrected chi connectivity index (χ0v) is 18.0. The van der Waals surface area contributed by atoms with Gasteiger partial charge in [0.15, 0.2) is 0 Å². The molecule has 2 N–H and O–H groups in total. The highest BCUT2D eigenvalue weighted by Gasteiger charge is 2.31. The number of nitrogens with two attached hydrogens (primary N) is 1. The number of aromatic nitrogens is 3. The third kappa shape index (κ3) is 7.60. The highest BCUT2D eigenvalue weighted by Crippen LogP contribution is 2.25. The van der Waals surface area contributed by atoms with E-state index in [4.69, 9.17) is 5.73 Å². The SMILES string of the molecule is NCCCCCN(CCc1ccccc1)C(=O)n1cc(-c2ccc(OC(F)(F)F)cc2)nn1. The molecule has 1 aromatic heterocycles. The highest BCUT2D eigenvalue weighted by molar-refractivity contribution is 5.77. The maximum absolute atomic E-state index is 13.1. The number of benzene rings is 2. The van der Waals surface area contributed by atoms with Crippen molar-refractivity contribution in [3.63, 3.8) is 0 Å². The van der Waals surface area contributed by atoms with Gasteiger partial charge in [0.05, 0.1) is 6.20 Å². The van der Waals surface area contributed by atoms with Gasteiger partial charge in [-0.25, -0.2) is 4.79 Å². The summed E-state index contributed by atoms with van der Waals surface area (Å²) in [5.41, 5.74) is 7.57. The summed E-state index contributed by atoms with van der Waals surface area (Å²) in [6.07, 6.45) is 0.0379. The fourth-order valence-electron chi connectivity index (χ4n) is 3.30. The van der Waals surface area contributed by atoms with Crippen LogP contribution in [0.1, 0.15) is 24.8 Å². The second-order valence-corrected chi connectivity index (χ2v) is 7.48. The average Bonchev–Trinajstić information content (AvgIpc) is 3.29. The molecule has 3 aromatic rings. The minimum absolute atomic E-state index is 0.311. The topological polar surface area (TPSA) is 86.3 Å². The first-order valence-corrected chi connectivity index (χ1v) is 10.7. The molecule has 3 rings (SSSR count). The van der Waals surface area contributed by atoms with E-state index in [1.807, 2.05) is 30.3 Å². The Bertz CT molecular complexity index is 1010. The first kappa shape index (κ1) is 24.2. The number of nitrogens with zero attached hydrogens (tertiary/aromatic N) is 4. The lowest BCUT2D eigenvalue weighted by Crippen LogP contribution is -2.37. The fourth-order valence-corrected chi connectivity index (χ4v) is 3.30. The van der Waals surface area contributed by atoms with Crippen molar-refractivity contribution in [2.45, 2.75) is 32.0 Å². The van der Waals surface area contributed by atoms with Crippen molar-refractivity contribution in [2.24, 2.45) is 5.73 Å². The maximum atomic E-state index is 13.1. The summed E-state index contributed by atoms with van der Waals surface area (Å²) in [7, 11) is 0. The molecule has 0 aliphatic carbocycles. The molecule has 176 valence electrons. The molecule has 0 saturated heterocycles. The predicted molar refractivity (Wildman–Crippen MR) is 118 cm³/mol. The number of hydrogen-bond donors (Lipinski definition) is 1. The first-order chi connectivity index (χ1) is 15.9. The van der Waals surface area contributed by atoms with E-state index < -0.39 is 6.36 Å². The normalized spacial score (nSPS) is 11.4. The van der Waals surface area contributed by atoms with E-state index in [0.29, 0.717) is 37.3 Å². The largest absolute Gasteiger partial charge is 0.573 e. The molecule has 1 amide bonds. The number of hydrogen-bond acceptors (Lipinski definition) is 5. The lowest BCUT2D eigenvalue weighted by molar-refractivity contribution is -0.274. The second-order valence-electron chi connectivity index (χ2n) is 7.48. The van der Waals surface area contributed by atoms with Crippen LogP contribution >= 0.6 is 0 Å². The van der Waals surface area contributed by atoms with Crippen molar-refractivity contribution in [1.29, 1.82) is 0 Å². The van der Waals surface area contributed by atoms with E-state index in [9.17, 15) is 18.0 Å². The summed E-state index contributed by atoms with van der Waals surface area (Å²) in [5, 5.41) is 7.95. The van der Waals surface area contributed by atoms with E-state index in [1.54, 1.807) is 4.90 Å². The van der Waals surface area contributed by atoms with Crippen LogP contribution in [-0.4, -0.2) is 51.9 Å². The molecule has 7 nitrogen and oxygen atoms in total. The van der Waals surface area contributed by atoms with Crippen LogP contribution in [0.4, 0.5) is 18.0 Å². The average molecular weight is 461 g/mol. The Labute approximate surface area is 189 Å². The molecule has 0 fully saturated rings. The molecule has 0 aliphatic heterocycles. The van der Waals surface area contributed by atoms with E-state index in [2.05, 4.69) is 15.0 Å². The zero-order valence-electron chi connectivity index (χ0n) is 18.0. The van der Waals surface area contributed by atoms with Crippen molar-refractivity contribution in [1.82, 2.24) is 19.9 Å². The summed E-state index contributed by atoms with van der Waals surface area (Å²) >= 11 is 0. The predicted octanol–water partition coefficient (Wildman–Crippen LogP) is 4.49. The molecule has 0 unspecified atom stereocenters. The number of unbranched alkanes of at least 4 members (excludes halogenated alkanes) is 2. The first-order valence-electron chi connectivity index (χ1n) is 10.7. The maximum Gasteiger partial charge on any atom is 0.573 e. The number of carbonyl (C=O) groups is 1. The molecule has 1 heterocycles. The van der Waals surface area contributed by atoms with Gasteiger partial charge in [-0.05, 0) is 55.6 Å². The van der Waals surface area contributed by atoms with Gasteiger partial charge in [-0.2, -0.15) is 4.68 Å². The van der Waals surface area contributed by atoms with Crippen LogP contribution in [0.3, 0.4) is 0 Å². The molecule has 2 aromatic carbocycles. The molecule has 0 radical (unpaired) electrons. The van der Waals surface area contributed by atoms with Gasteiger partial charge in [0.1, 0.15) is 11.4 Å². The number of halogens is 3. The summed E-state index contributed by atoms with van der Waals surface area (Å²) in [5.74, 6) is -0.334. The van der Waals surface area contributed by atoms with Gasteiger partial charge in [0, 0.05) is 18.7 Å². The van der Waals surface area contributed by atoms with Gasteiger partial charge in [-0.15, -0.1) is 18.3 Å². The standard InChI is InChI=1S/C23H26F3N5O2/c24-23(25,26)33-20-11-9-19(10-12-20)21-17-31(29-28-21)22(32)30(15-6-2-5-14-27)16-13-18-7-3-1-4-8-18/h1,3-4,7-12,17H,2,5-6,13-16,27H2. The molecule has 0 atom stereocenters. The van der Waals surface area contributed by atoms with Crippen LogP contribution in [0.25, 0.3) is 11.3 Å². The van der Waals surface area contributed by atoms with Crippen molar-refractivity contribution in [3.8, 4) is 17.0 Å². The van der Waals surface area contributed by atoms with Crippen LogP contribution in [-0.2, 0) is 6.42 Å². The van der Waals surface area contributed by atoms with Crippen LogP contribution in [0.2, 0.25) is 0 Å². The van der Waals surface area contributed by atoms with Crippen molar-refractivity contribution >= 4 is 6.03 Å². The minimum Gasteiger partial charge on any atom is -0.406 e. The monoisotopic (exact) mass is 461 g/mol. The number of rotatable bonds is 10. The summed E-state index contributed by atoms with van der Waals surface area (Å²) in [4.78, 5) is 14.8. The van der Waals surface area contributed by atoms with E-state index in [1.165, 1.54) is 30.5 Å². The lowest BCUT2D eigenvalue weighted by Gasteiger charge is -2.22. The van der Waals surface area contributed by atoms with E-state index >= 15 is 0 Å². The molecule has 10 heteroatoms. The minimum atomic E-state index is -4.76. The van der Waals surface area contributed by atoms with Gasteiger partial charge in [0.25, 0.3) is 0 Å². The van der Waals surface area contributed by atoms with Gasteiger partial charge in [0.2, 0.25) is 0 Å². The molecule has 0 bridgehead atoms. The highest BCUT2D eigenvalue weighted by atomic mass is 19.4. The Kier molecular flexibility index (Phi) is 8.42. The number of carbonyl (C=O) groups excluding carboxylic acids is 1. The zero-order chi connectivity index (χ0) is 23.7. The molecule has 33 heavy (non-hydrogen) atoms. The van der Waals surface area contributed by atoms with Gasteiger partial charge in [-0.1, -0.05) is 42.0 Å². The van der Waals surface area contributed by atoms with Gasteiger partial charge >= 0.3 is 12.4 Å². The van der Waals surface area contributed by atoms with E-state index in [0.717, 1.165) is 29.5 Å². The molecule has 0 saturated carbocycles. The third-order valence-corrected chi connectivity index (χ3v) is 4.99. The third-order valence-electron chi connectivity index (χ3n) is 4.99. The smallest absolute Gasteiger partial charge is 0.406 e. The summed E-state index contributed by atoms with van der Waals surface area (Å²) in [6.45, 7) is 1.69. The number of alkyl halides is 3. The number of amides is 1. The fraction of sp³-hybridized carbons (Fsp3) is 0.348. The molecule has 0 aliphatic rings. The molecular formula is C23H26F3N5O2. The number of ether oxygens (including phenoxy) is 1. The summed E-state index contributed by atoms with van der Waals surface area (Å²) in [6, 6.07) is 14.8. The lowest BCUT2D eigenvalue weighted by atomic mass is 10.1. The molecule has 0 spiro atoms. The quantitative estimate of drug-likeness (QED) is 0.450. The Balaban J connectivity index is 1.69. The van der Waals surface area contributed by atoms with Crippen LogP contribution in [0, 0.1) is 0 Å².